The van der Waals surface area contributed by atoms with Crippen molar-refractivity contribution in [1.82, 2.24) is 10.2 Å². The van der Waals surface area contributed by atoms with Crippen molar-refractivity contribution in [3.8, 4) is 5.75 Å². The Morgan fingerprint density at radius 1 is 1.16 bits per heavy atom. The first-order chi connectivity index (χ1) is 14.7. The first kappa shape index (κ1) is 23.6. The van der Waals surface area contributed by atoms with Gasteiger partial charge in [0.25, 0.3) is 0 Å². The van der Waals surface area contributed by atoms with Crippen LogP contribution in [0.15, 0.2) is 46.9 Å². The Labute approximate surface area is 194 Å². The number of hydrogen-bond acceptors (Lipinski definition) is 4. The summed E-state index contributed by atoms with van der Waals surface area (Å²) in [6.07, 6.45) is 1.49. The molecule has 1 fully saturated rings. The van der Waals surface area contributed by atoms with Gasteiger partial charge in [-0.05, 0) is 63.8 Å². The number of nitrogens with one attached hydrogen (secondary N) is 1. The summed E-state index contributed by atoms with van der Waals surface area (Å²) in [7, 11) is 0. The highest BCUT2D eigenvalue weighted by molar-refractivity contribution is 9.10. The smallest absolute Gasteiger partial charge is 0.407 e. The molecule has 6 heteroatoms. The molecule has 1 aliphatic rings. The van der Waals surface area contributed by atoms with Crippen LogP contribution in [0.4, 0.5) is 4.79 Å². The van der Waals surface area contributed by atoms with Gasteiger partial charge in [0.1, 0.15) is 18.0 Å². The molecule has 0 bridgehead atoms. The number of benzene rings is 2. The van der Waals surface area contributed by atoms with Crippen LogP contribution in [0.5, 0.6) is 5.75 Å². The maximum Gasteiger partial charge on any atom is 0.407 e. The number of rotatable bonds is 6. The van der Waals surface area contributed by atoms with Crippen molar-refractivity contribution in [1.29, 1.82) is 0 Å². The lowest BCUT2D eigenvalue weighted by atomic mass is 10.0. The normalized spacial score (nSPS) is 15.5. The highest BCUT2D eigenvalue weighted by atomic mass is 79.9. The van der Waals surface area contributed by atoms with Crippen LogP contribution >= 0.6 is 15.9 Å². The Bertz CT molecular complexity index is 872. The van der Waals surface area contributed by atoms with E-state index in [0.29, 0.717) is 6.61 Å². The summed E-state index contributed by atoms with van der Waals surface area (Å²) in [6.45, 7) is 11.0. The number of hydrogen-bond donors (Lipinski definition) is 1. The van der Waals surface area contributed by atoms with Crippen molar-refractivity contribution in [3.63, 3.8) is 0 Å². The lowest BCUT2D eigenvalue weighted by Crippen LogP contribution is -2.45. The lowest BCUT2D eigenvalue weighted by Gasteiger charge is -2.33. The number of carbonyl (C=O) groups excluding carboxylic acids is 1. The molecular weight excluding hydrogens is 456 g/mol. The van der Waals surface area contributed by atoms with E-state index in [9.17, 15) is 4.79 Å². The molecule has 31 heavy (non-hydrogen) atoms. The first-order valence-electron chi connectivity index (χ1n) is 10.9. The van der Waals surface area contributed by atoms with E-state index in [1.807, 2.05) is 39.0 Å². The van der Waals surface area contributed by atoms with E-state index in [4.69, 9.17) is 9.47 Å². The van der Waals surface area contributed by atoms with Crippen molar-refractivity contribution in [3.05, 3.63) is 63.6 Å². The van der Waals surface area contributed by atoms with Crippen molar-refractivity contribution in [2.75, 3.05) is 13.1 Å². The maximum atomic E-state index is 12.0. The van der Waals surface area contributed by atoms with Gasteiger partial charge in [0.05, 0.1) is 0 Å². The van der Waals surface area contributed by atoms with E-state index in [1.54, 1.807) is 0 Å². The van der Waals surface area contributed by atoms with Crippen LogP contribution in [0.25, 0.3) is 0 Å². The molecule has 0 aliphatic carbocycles. The van der Waals surface area contributed by atoms with Crippen molar-refractivity contribution < 1.29 is 14.3 Å². The van der Waals surface area contributed by atoms with Crippen molar-refractivity contribution >= 4 is 22.0 Å². The fourth-order valence-electron chi connectivity index (χ4n) is 3.80. The zero-order chi connectivity index (χ0) is 22.4. The van der Waals surface area contributed by atoms with Crippen LogP contribution < -0.4 is 10.1 Å². The summed E-state index contributed by atoms with van der Waals surface area (Å²) < 4.78 is 12.7. The van der Waals surface area contributed by atoms with E-state index in [2.05, 4.69) is 57.3 Å². The number of nitrogens with zero attached hydrogens (tertiary/aromatic N) is 1. The third kappa shape index (κ3) is 7.54. The molecule has 2 aromatic carbocycles. The fraction of sp³-hybridized carbons (Fsp3) is 0.480. The SMILES string of the molecule is Cc1cc(Br)cc(CN2CCC(NC(=O)OC(C)(C)C)CC2)c1OCc1ccccc1. The summed E-state index contributed by atoms with van der Waals surface area (Å²) in [5.41, 5.74) is 2.99. The van der Waals surface area contributed by atoms with Crippen LogP contribution in [0.1, 0.15) is 50.3 Å². The van der Waals surface area contributed by atoms with Crippen LogP contribution in [0.3, 0.4) is 0 Å². The molecule has 0 aromatic heterocycles. The quantitative estimate of drug-likeness (QED) is 0.555. The van der Waals surface area contributed by atoms with Crippen LogP contribution in [-0.4, -0.2) is 35.7 Å². The highest BCUT2D eigenvalue weighted by Gasteiger charge is 2.24. The third-order valence-corrected chi connectivity index (χ3v) is 5.70. The van der Waals surface area contributed by atoms with Gasteiger partial charge in [0, 0.05) is 35.7 Å². The summed E-state index contributed by atoms with van der Waals surface area (Å²) in [4.78, 5) is 14.5. The fourth-order valence-corrected chi connectivity index (χ4v) is 4.42. The number of halogens is 1. The maximum absolute atomic E-state index is 12.0. The van der Waals surface area contributed by atoms with Gasteiger partial charge < -0.3 is 14.8 Å². The van der Waals surface area contributed by atoms with E-state index in [1.165, 1.54) is 5.56 Å². The number of amides is 1. The molecule has 0 unspecified atom stereocenters. The number of ether oxygens (including phenoxy) is 2. The van der Waals surface area contributed by atoms with E-state index in [-0.39, 0.29) is 12.1 Å². The summed E-state index contributed by atoms with van der Waals surface area (Å²) in [5.74, 6) is 0.959. The molecule has 5 nitrogen and oxygen atoms in total. The zero-order valence-electron chi connectivity index (χ0n) is 18.9. The Morgan fingerprint density at radius 3 is 2.48 bits per heavy atom. The zero-order valence-corrected chi connectivity index (χ0v) is 20.5. The molecule has 3 rings (SSSR count). The topological polar surface area (TPSA) is 50.8 Å². The van der Waals surface area contributed by atoms with Gasteiger partial charge in [0.2, 0.25) is 0 Å². The number of alkyl carbamates (subject to hydrolysis) is 1. The van der Waals surface area contributed by atoms with Gasteiger partial charge in [-0.15, -0.1) is 0 Å². The molecule has 0 radical (unpaired) electrons. The minimum absolute atomic E-state index is 0.157. The summed E-state index contributed by atoms with van der Waals surface area (Å²) in [6, 6.07) is 14.6. The number of piperidine rings is 1. The minimum atomic E-state index is -0.473. The standard InChI is InChI=1S/C25H33BrN2O3/c1-18-14-21(26)15-20(23(18)30-17-19-8-6-5-7-9-19)16-28-12-10-22(11-13-28)27-24(29)31-25(2,3)4/h5-9,14-15,22H,10-13,16-17H2,1-4H3,(H,27,29). The predicted octanol–water partition coefficient (Wildman–Crippen LogP) is 5.83. The molecule has 1 amide bonds. The minimum Gasteiger partial charge on any atom is -0.488 e. The molecule has 1 heterocycles. The molecule has 1 saturated heterocycles. The predicted molar refractivity (Wildman–Crippen MR) is 127 cm³/mol. The summed E-state index contributed by atoms with van der Waals surface area (Å²) in [5, 5.41) is 3.01. The summed E-state index contributed by atoms with van der Waals surface area (Å²) >= 11 is 3.63. The van der Waals surface area contributed by atoms with Gasteiger partial charge in [0.15, 0.2) is 0 Å². The third-order valence-electron chi connectivity index (χ3n) is 5.24. The van der Waals surface area contributed by atoms with E-state index < -0.39 is 5.60 Å². The second-order valence-electron chi connectivity index (χ2n) is 9.18. The van der Waals surface area contributed by atoms with E-state index in [0.717, 1.165) is 53.8 Å². The van der Waals surface area contributed by atoms with Crippen LogP contribution in [0, 0.1) is 6.92 Å². The molecule has 0 spiro atoms. The highest BCUT2D eigenvalue weighted by Crippen LogP contribution is 2.30. The number of aryl methyl sites for hydroxylation is 1. The second kappa shape index (κ2) is 10.5. The Kier molecular flexibility index (Phi) is 8.00. The molecule has 2 aromatic rings. The Balaban J connectivity index is 1.58. The van der Waals surface area contributed by atoms with Gasteiger partial charge in [-0.2, -0.15) is 0 Å². The Morgan fingerprint density at radius 2 is 1.84 bits per heavy atom. The lowest BCUT2D eigenvalue weighted by molar-refractivity contribution is 0.0477. The van der Waals surface area contributed by atoms with Gasteiger partial charge in [-0.3, -0.25) is 4.90 Å². The second-order valence-corrected chi connectivity index (χ2v) is 10.1. The molecular formula is C25H33BrN2O3. The van der Waals surface area contributed by atoms with Crippen LogP contribution in [-0.2, 0) is 17.9 Å². The molecule has 168 valence electrons. The van der Waals surface area contributed by atoms with Crippen molar-refractivity contribution in [2.45, 2.75) is 65.3 Å². The van der Waals surface area contributed by atoms with Gasteiger partial charge >= 0.3 is 6.09 Å². The average Bonchev–Trinajstić information content (AvgIpc) is 2.68. The number of carbonyl (C=O) groups is 1. The van der Waals surface area contributed by atoms with Gasteiger partial charge in [-0.1, -0.05) is 46.3 Å². The molecule has 0 saturated carbocycles. The average molecular weight is 489 g/mol. The monoisotopic (exact) mass is 488 g/mol. The molecule has 0 atom stereocenters. The van der Waals surface area contributed by atoms with Gasteiger partial charge in [-0.25, -0.2) is 4.79 Å². The Hall–Kier alpha value is -2.05. The van der Waals surface area contributed by atoms with Crippen molar-refractivity contribution in [2.24, 2.45) is 0 Å². The van der Waals surface area contributed by atoms with E-state index >= 15 is 0 Å². The largest absolute Gasteiger partial charge is 0.488 e. The molecule has 1 aliphatic heterocycles. The number of likely N-dealkylation sites (tertiary alicyclic amines) is 1. The van der Waals surface area contributed by atoms with Crippen LogP contribution in [0.2, 0.25) is 0 Å². The first-order valence-corrected chi connectivity index (χ1v) is 11.7. The molecule has 1 N–H and O–H groups in total.